The molecule has 2 heterocycles. The van der Waals surface area contributed by atoms with Crippen LogP contribution in [0.5, 0.6) is 0 Å². The van der Waals surface area contributed by atoms with Crippen LogP contribution in [0.4, 0.5) is 10.1 Å². The Balaban J connectivity index is 2.02. The fourth-order valence-corrected chi connectivity index (χ4v) is 3.30. The van der Waals surface area contributed by atoms with Gasteiger partial charge in [-0.05, 0) is 28.9 Å². The van der Waals surface area contributed by atoms with Crippen molar-refractivity contribution in [2.75, 3.05) is 11.4 Å². The predicted octanol–water partition coefficient (Wildman–Crippen LogP) is 2.24. The van der Waals surface area contributed by atoms with Crippen LogP contribution in [0.15, 0.2) is 30.5 Å². The lowest BCUT2D eigenvalue weighted by atomic mass is 9.93. The molecule has 8 heteroatoms. The third-order valence-electron chi connectivity index (χ3n) is 3.42. The molecule has 0 saturated carbocycles. The molecule has 1 aromatic heterocycles. The maximum Gasteiger partial charge on any atom is 0.345 e. The fraction of sp³-hybridized carbons (Fsp3) is 0.231. The quantitative estimate of drug-likeness (QED) is 0.690. The van der Waals surface area contributed by atoms with Crippen molar-refractivity contribution in [1.82, 2.24) is 4.98 Å². The van der Waals surface area contributed by atoms with E-state index < -0.39 is 16.9 Å². The van der Waals surface area contributed by atoms with Crippen LogP contribution in [0, 0.1) is 10.1 Å². The number of rotatable bonds is 3. The Bertz CT molecular complexity index is 715. The van der Waals surface area contributed by atoms with Crippen LogP contribution in [0.1, 0.15) is 17.2 Å². The summed E-state index contributed by atoms with van der Waals surface area (Å²) in [5.74, 6) is -0.986. The van der Waals surface area contributed by atoms with Gasteiger partial charge in [-0.25, -0.2) is 9.78 Å². The second-order valence-corrected chi connectivity index (χ2v) is 5.61. The molecule has 1 N–H and O–H groups in total. The zero-order chi connectivity index (χ0) is 15.0. The smallest absolute Gasteiger partial charge is 0.345 e. The largest absolute Gasteiger partial charge is 0.479 e. The van der Waals surface area contributed by atoms with Crippen LogP contribution in [-0.4, -0.2) is 27.5 Å². The highest BCUT2D eigenvalue weighted by molar-refractivity contribution is 7.18. The van der Waals surface area contributed by atoms with Crippen molar-refractivity contribution in [3.8, 4) is 0 Å². The van der Waals surface area contributed by atoms with Gasteiger partial charge in [0.05, 0.1) is 4.92 Å². The minimum atomic E-state index is -0.986. The number of nitro groups is 1. The van der Waals surface area contributed by atoms with E-state index in [1.165, 1.54) is 6.20 Å². The number of carboxylic acid groups (broad SMARTS) is 1. The van der Waals surface area contributed by atoms with Crippen molar-refractivity contribution in [3.05, 3.63) is 51.7 Å². The number of anilines is 1. The number of thiazole rings is 1. The number of nitrogens with zero attached hydrogens (tertiary/aromatic N) is 3. The number of benzene rings is 1. The first-order chi connectivity index (χ1) is 10.1. The maximum atomic E-state index is 11.6. The van der Waals surface area contributed by atoms with E-state index in [9.17, 15) is 20.0 Å². The summed E-state index contributed by atoms with van der Waals surface area (Å²) in [4.78, 5) is 27.5. The van der Waals surface area contributed by atoms with Crippen molar-refractivity contribution in [3.63, 3.8) is 0 Å². The lowest BCUT2D eigenvalue weighted by molar-refractivity contribution is -0.380. The Morgan fingerprint density at radius 1 is 1.48 bits per heavy atom. The average molecular weight is 305 g/mol. The zero-order valence-electron chi connectivity index (χ0n) is 10.8. The van der Waals surface area contributed by atoms with Crippen molar-refractivity contribution >= 4 is 27.4 Å². The van der Waals surface area contributed by atoms with Gasteiger partial charge in [0.2, 0.25) is 0 Å². The van der Waals surface area contributed by atoms with Crippen LogP contribution in [0.3, 0.4) is 0 Å². The molecule has 0 spiro atoms. The summed E-state index contributed by atoms with van der Waals surface area (Å²) in [5.41, 5.74) is 1.71. The number of hydrogen-bond donors (Lipinski definition) is 1. The summed E-state index contributed by atoms with van der Waals surface area (Å²) < 4.78 is 0. The van der Waals surface area contributed by atoms with Crippen LogP contribution in [-0.2, 0) is 11.2 Å². The molecule has 21 heavy (non-hydrogen) atoms. The van der Waals surface area contributed by atoms with E-state index in [2.05, 4.69) is 4.98 Å². The molecule has 0 amide bonds. The van der Waals surface area contributed by atoms with E-state index in [4.69, 9.17) is 0 Å². The summed E-state index contributed by atoms with van der Waals surface area (Å²) in [6.45, 7) is 0.471. The van der Waals surface area contributed by atoms with Gasteiger partial charge in [0, 0.05) is 6.54 Å². The molecule has 108 valence electrons. The number of carboxylic acids is 1. The van der Waals surface area contributed by atoms with Crippen molar-refractivity contribution in [1.29, 1.82) is 0 Å². The molecule has 0 aliphatic carbocycles. The molecule has 0 radical (unpaired) electrons. The van der Waals surface area contributed by atoms with Crippen LogP contribution >= 0.6 is 11.3 Å². The lowest BCUT2D eigenvalue weighted by Crippen LogP contribution is -2.39. The molecular formula is C13H11N3O4S. The molecule has 0 bridgehead atoms. The summed E-state index contributed by atoms with van der Waals surface area (Å²) in [5, 5.41) is 20.6. The number of hydrogen-bond acceptors (Lipinski definition) is 6. The summed E-state index contributed by atoms with van der Waals surface area (Å²) in [6.07, 6.45) is 1.85. The van der Waals surface area contributed by atoms with E-state index in [0.29, 0.717) is 23.7 Å². The summed E-state index contributed by atoms with van der Waals surface area (Å²) >= 11 is 0.896. The molecule has 7 nitrogen and oxygen atoms in total. The van der Waals surface area contributed by atoms with E-state index in [1.54, 1.807) is 17.0 Å². The molecular weight excluding hydrogens is 294 g/mol. The lowest BCUT2D eigenvalue weighted by Gasteiger charge is -2.34. The van der Waals surface area contributed by atoms with Gasteiger partial charge in [-0.2, -0.15) is 0 Å². The van der Waals surface area contributed by atoms with Gasteiger partial charge >= 0.3 is 11.0 Å². The van der Waals surface area contributed by atoms with E-state index in [0.717, 1.165) is 16.9 Å². The number of fused-ring (bicyclic) bond motifs is 1. The SMILES string of the molecule is O=C(O)C1c2ccccc2CCN1c1ncc([N+](=O)[O-])s1. The molecule has 2 aromatic rings. The molecule has 1 unspecified atom stereocenters. The van der Waals surface area contributed by atoms with E-state index >= 15 is 0 Å². The van der Waals surface area contributed by atoms with Gasteiger partial charge in [-0.15, -0.1) is 0 Å². The molecule has 1 aliphatic rings. The van der Waals surface area contributed by atoms with Gasteiger partial charge in [-0.1, -0.05) is 24.3 Å². The number of aliphatic carboxylic acids is 1. The van der Waals surface area contributed by atoms with Gasteiger partial charge in [0.25, 0.3) is 0 Å². The highest BCUT2D eigenvalue weighted by Crippen LogP contribution is 2.37. The third-order valence-corrected chi connectivity index (χ3v) is 4.41. The normalized spacial score (nSPS) is 17.3. The van der Waals surface area contributed by atoms with E-state index in [1.807, 2.05) is 12.1 Å². The predicted molar refractivity (Wildman–Crippen MR) is 76.6 cm³/mol. The van der Waals surface area contributed by atoms with Gasteiger partial charge in [0.1, 0.15) is 6.20 Å². The van der Waals surface area contributed by atoms with Crippen LogP contribution < -0.4 is 4.90 Å². The highest BCUT2D eigenvalue weighted by atomic mass is 32.1. The monoisotopic (exact) mass is 305 g/mol. The van der Waals surface area contributed by atoms with Crippen molar-refractivity contribution in [2.24, 2.45) is 0 Å². The van der Waals surface area contributed by atoms with Crippen molar-refractivity contribution in [2.45, 2.75) is 12.5 Å². The second-order valence-electron chi connectivity index (χ2n) is 4.62. The maximum absolute atomic E-state index is 11.6. The Kier molecular flexibility index (Phi) is 3.30. The molecule has 1 aromatic carbocycles. The number of carbonyl (C=O) groups is 1. The molecule has 1 atom stereocenters. The first-order valence-corrected chi connectivity index (χ1v) is 7.07. The minimum absolute atomic E-state index is 0.0898. The summed E-state index contributed by atoms with van der Waals surface area (Å²) in [6, 6.07) is 6.50. The van der Waals surface area contributed by atoms with Crippen LogP contribution in [0.2, 0.25) is 0 Å². The van der Waals surface area contributed by atoms with E-state index in [-0.39, 0.29) is 5.00 Å². The Hall–Kier alpha value is -2.48. The topological polar surface area (TPSA) is 96.6 Å². The van der Waals surface area contributed by atoms with Crippen LogP contribution in [0.25, 0.3) is 0 Å². The zero-order valence-corrected chi connectivity index (χ0v) is 11.6. The molecule has 0 saturated heterocycles. The van der Waals surface area contributed by atoms with Crippen molar-refractivity contribution < 1.29 is 14.8 Å². The Morgan fingerprint density at radius 2 is 2.24 bits per heavy atom. The first-order valence-electron chi connectivity index (χ1n) is 6.25. The highest BCUT2D eigenvalue weighted by Gasteiger charge is 2.35. The first kappa shape index (κ1) is 13.5. The minimum Gasteiger partial charge on any atom is -0.479 e. The fourth-order valence-electron chi connectivity index (χ4n) is 2.51. The number of aromatic nitrogens is 1. The average Bonchev–Trinajstić information content (AvgIpc) is 2.95. The third kappa shape index (κ3) is 2.33. The van der Waals surface area contributed by atoms with Gasteiger partial charge < -0.3 is 10.0 Å². The Labute approximate surface area is 123 Å². The molecule has 3 rings (SSSR count). The second kappa shape index (κ2) is 5.13. The summed E-state index contributed by atoms with van der Waals surface area (Å²) in [7, 11) is 0. The molecule has 0 fully saturated rings. The molecule has 1 aliphatic heterocycles. The van der Waals surface area contributed by atoms with Gasteiger partial charge in [-0.3, -0.25) is 10.1 Å². The standard InChI is InChI=1S/C13H11N3O4S/c17-12(18)11-9-4-2-1-3-8(9)5-6-15(11)13-14-7-10(21-13)16(19)20/h1-4,7,11H,5-6H2,(H,17,18). The Morgan fingerprint density at radius 3 is 2.90 bits per heavy atom. The van der Waals surface area contributed by atoms with Gasteiger partial charge in [0.15, 0.2) is 11.2 Å².